The highest BCUT2D eigenvalue weighted by Crippen LogP contribution is 2.30. The Balaban J connectivity index is 2.17. The molecule has 94 valence electrons. The molecule has 0 amide bonds. The van der Waals surface area contributed by atoms with E-state index in [0.29, 0.717) is 17.4 Å². The van der Waals surface area contributed by atoms with Crippen molar-refractivity contribution in [1.82, 2.24) is 14.5 Å². The van der Waals surface area contributed by atoms with Crippen molar-refractivity contribution in [2.24, 2.45) is 0 Å². The molecule has 6 nitrogen and oxygen atoms in total. The first-order chi connectivity index (χ1) is 9.24. The summed E-state index contributed by atoms with van der Waals surface area (Å²) < 4.78 is 1.95. The van der Waals surface area contributed by atoms with E-state index in [1.807, 2.05) is 28.8 Å². The quantitative estimate of drug-likeness (QED) is 0.558. The summed E-state index contributed by atoms with van der Waals surface area (Å²) in [5.74, 6) is 0. The summed E-state index contributed by atoms with van der Waals surface area (Å²) in [5.41, 5.74) is 2.62. The monoisotopic (exact) mass is 254 g/mol. The minimum atomic E-state index is -0.481. The van der Waals surface area contributed by atoms with E-state index in [1.54, 1.807) is 6.20 Å². The van der Waals surface area contributed by atoms with Gasteiger partial charge in [-0.25, -0.2) is 4.79 Å². The fraction of sp³-hybridized carbons (Fsp3) is 0.0769. The van der Waals surface area contributed by atoms with Crippen LogP contribution < -0.4 is 16.6 Å². The molecule has 0 saturated heterocycles. The van der Waals surface area contributed by atoms with Crippen molar-refractivity contribution < 1.29 is 0 Å². The lowest BCUT2D eigenvalue weighted by atomic mass is 10.2. The summed E-state index contributed by atoms with van der Waals surface area (Å²) in [5, 5.41) is 3.77. The molecule has 0 atom stereocenters. The maximum atomic E-state index is 11.8. The van der Waals surface area contributed by atoms with E-state index in [1.165, 1.54) is 0 Å². The molecule has 1 aromatic carbocycles. The fourth-order valence-corrected chi connectivity index (χ4v) is 2.57. The topological polar surface area (TPSA) is 82.7 Å². The highest BCUT2D eigenvalue weighted by Gasteiger charge is 2.19. The van der Waals surface area contributed by atoms with Crippen molar-refractivity contribution in [3.8, 4) is 5.69 Å². The van der Waals surface area contributed by atoms with Crippen molar-refractivity contribution in [1.29, 1.82) is 0 Å². The third-order valence-corrected chi connectivity index (χ3v) is 3.43. The molecule has 0 spiro atoms. The first-order valence-corrected chi connectivity index (χ1v) is 5.94. The zero-order valence-electron chi connectivity index (χ0n) is 9.86. The number of anilines is 1. The summed E-state index contributed by atoms with van der Waals surface area (Å²) >= 11 is 0. The number of nitrogens with zero attached hydrogens (tertiary/aromatic N) is 1. The van der Waals surface area contributed by atoms with Crippen molar-refractivity contribution in [3.63, 3.8) is 0 Å². The number of nitrogens with one attached hydrogen (secondary N) is 3. The van der Waals surface area contributed by atoms with Gasteiger partial charge in [0.05, 0.1) is 34.5 Å². The zero-order valence-corrected chi connectivity index (χ0v) is 9.86. The molecule has 0 bridgehead atoms. The third-order valence-electron chi connectivity index (χ3n) is 3.43. The van der Waals surface area contributed by atoms with Crippen LogP contribution >= 0.6 is 0 Å². The normalized spacial score (nSPS) is 12.8. The molecule has 0 fully saturated rings. The van der Waals surface area contributed by atoms with Crippen LogP contribution in [-0.2, 0) is 6.54 Å². The second-order valence-electron chi connectivity index (χ2n) is 4.51. The Morgan fingerprint density at radius 3 is 2.84 bits per heavy atom. The Labute approximate surface area is 106 Å². The minimum absolute atomic E-state index is 0.363. The van der Waals surface area contributed by atoms with Gasteiger partial charge in [0.2, 0.25) is 0 Å². The Bertz CT molecular complexity index is 916. The van der Waals surface area contributed by atoms with Gasteiger partial charge in [-0.1, -0.05) is 12.1 Å². The van der Waals surface area contributed by atoms with E-state index in [0.717, 1.165) is 17.1 Å². The van der Waals surface area contributed by atoms with Crippen LogP contribution in [0, 0.1) is 0 Å². The predicted octanol–water partition coefficient (Wildman–Crippen LogP) is 0.933. The maximum Gasteiger partial charge on any atom is 0.326 e. The first kappa shape index (κ1) is 10.2. The van der Waals surface area contributed by atoms with E-state index in [-0.39, 0.29) is 5.56 Å². The molecule has 6 heteroatoms. The number of hydrogen-bond donors (Lipinski definition) is 3. The summed E-state index contributed by atoms with van der Waals surface area (Å²) in [7, 11) is 0. The van der Waals surface area contributed by atoms with Crippen LogP contribution in [0.1, 0.15) is 5.69 Å². The van der Waals surface area contributed by atoms with Crippen LogP contribution in [0.2, 0.25) is 0 Å². The molecule has 3 heterocycles. The van der Waals surface area contributed by atoms with Crippen LogP contribution in [0.25, 0.3) is 16.6 Å². The SMILES string of the molecule is O=c1[nH]c(=O)c2cn3c(c2[nH]1)CNc1ccccc1-3. The Hall–Kier alpha value is -2.76. The second kappa shape index (κ2) is 3.38. The number of H-pyrrole nitrogens is 2. The van der Waals surface area contributed by atoms with Crippen LogP contribution in [-0.4, -0.2) is 14.5 Å². The van der Waals surface area contributed by atoms with Gasteiger partial charge >= 0.3 is 5.69 Å². The van der Waals surface area contributed by atoms with Gasteiger partial charge in [0.15, 0.2) is 0 Å². The molecule has 4 rings (SSSR count). The molecule has 1 aliphatic heterocycles. The van der Waals surface area contributed by atoms with Gasteiger partial charge in [-0.3, -0.25) is 9.78 Å². The summed E-state index contributed by atoms with van der Waals surface area (Å²) in [4.78, 5) is 28.2. The molecular weight excluding hydrogens is 244 g/mol. The number of hydrogen-bond acceptors (Lipinski definition) is 3. The fourth-order valence-electron chi connectivity index (χ4n) is 2.57. The molecular formula is C13H10N4O2. The molecule has 2 aromatic heterocycles. The summed E-state index contributed by atoms with van der Waals surface area (Å²) in [6, 6.07) is 7.84. The molecule has 0 radical (unpaired) electrons. The largest absolute Gasteiger partial charge is 0.378 e. The smallest absolute Gasteiger partial charge is 0.326 e. The van der Waals surface area contributed by atoms with Crippen LogP contribution in [0.4, 0.5) is 5.69 Å². The van der Waals surface area contributed by atoms with Crippen molar-refractivity contribution in [2.45, 2.75) is 6.54 Å². The standard InChI is InChI=1S/C13H10N4O2/c18-12-7-6-17-9-4-2-1-3-8(9)14-5-10(17)11(7)15-13(19)16-12/h1-4,6,14H,5H2,(H2,15,16,18,19). The third kappa shape index (κ3) is 1.31. The number of fused-ring (bicyclic) bond motifs is 5. The van der Waals surface area contributed by atoms with Gasteiger partial charge in [0.1, 0.15) is 0 Å². The lowest BCUT2D eigenvalue weighted by Crippen LogP contribution is -2.21. The Morgan fingerprint density at radius 2 is 1.95 bits per heavy atom. The zero-order chi connectivity index (χ0) is 13.0. The molecule has 0 saturated carbocycles. The van der Waals surface area contributed by atoms with Gasteiger partial charge in [0.25, 0.3) is 5.56 Å². The molecule has 3 N–H and O–H groups in total. The highest BCUT2D eigenvalue weighted by atomic mass is 16.2. The minimum Gasteiger partial charge on any atom is -0.378 e. The molecule has 0 unspecified atom stereocenters. The molecule has 0 aliphatic carbocycles. The highest BCUT2D eigenvalue weighted by molar-refractivity contribution is 5.84. The van der Waals surface area contributed by atoms with E-state index >= 15 is 0 Å². The molecule has 3 aromatic rings. The van der Waals surface area contributed by atoms with Crippen molar-refractivity contribution in [2.75, 3.05) is 5.32 Å². The van der Waals surface area contributed by atoms with Crippen LogP contribution in [0.5, 0.6) is 0 Å². The Morgan fingerprint density at radius 1 is 1.11 bits per heavy atom. The average molecular weight is 254 g/mol. The van der Waals surface area contributed by atoms with E-state index in [2.05, 4.69) is 15.3 Å². The summed E-state index contributed by atoms with van der Waals surface area (Å²) in [6.45, 7) is 0.569. The van der Waals surface area contributed by atoms with Crippen molar-refractivity contribution >= 4 is 16.6 Å². The van der Waals surface area contributed by atoms with Gasteiger partial charge in [-0.15, -0.1) is 0 Å². The van der Waals surface area contributed by atoms with Gasteiger partial charge in [-0.2, -0.15) is 0 Å². The van der Waals surface area contributed by atoms with E-state index < -0.39 is 5.69 Å². The predicted molar refractivity (Wildman–Crippen MR) is 71.8 cm³/mol. The molecule has 19 heavy (non-hydrogen) atoms. The van der Waals surface area contributed by atoms with E-state index in [9.17, 15) is 9.59 Å². The maximum absolute atomic E-state index is 11.8. The second-order valence-corrected chi connectivity index (χ2v) is 4.51. The number of para-hydroxylation sites is 2. The van der Waals surface area contributed by atoms with Gasteiger partial charge in [0, 0.05) is 6.20 Å². The van der Waals surface area contributed by atoms with Gasteiger partial charge < -0.3 is 14.9 Å². The van der Waals surface area contributed by atoms with Gasteiger partial charge in [-0.05, 0) is 12.1 Å². The Kier molecular flexibility index (Phi) is 1.81. The summed E-state index contributed by atoms with van der Waals surface area (Å²) in [6.07, 6.45) is 1.76. The molecule has 1 aliphatic rings. The average Bonchev–Trinajstić information content (AvgIpc) is 2.78. The van der Waals surface area contributed by atoms with Crippen molar-refractivity contribution in [3.05, 3.63) is 57.0 Å². The lowest BCUT2D eigenvalue weighted by molar-refractivity contribution is 0.912. The van der Waals surface area contributed by atoms with Crippen LogP contribution in [0.3, 0.4) is 0 Å². The van der Waals surface area contributed by atoms with E-state index in [4.69, 9.17) is 0 Å². The number of benzene rings is 1. The number of aromatic nitrogens is 3. The van der Waals surface area contributed by atoms with Crippen LogP contribution in [0.15, 0.2) is 40.1 Å². The lowest BCUT2D eigenvalue weighted by Gasteiger charge is -2.20. The number of aromatic amines is 2. The number of rotatable bonds is 0. The first-order valence-electron chi connectivity index (χ1n) is 5.94.